The smallest absolute Gasteiger partial charge is 0.271 e. The molecule has 0 unspecified atom stereocenters. The summed E-state index contributed by atoms with van der Waals surface area (Å²) in [6.45, 7) is 3.02. The van der Waals surface area contributed by atoms with Crippen LogP contribution < -0.4 is 19.8 Å². The predicted molar refractivity (Wildman–Crippen MR) is 152 cm³/mol. The molecule has 0 aromatic heterocycles. The summed E-state index contributed by atoms with van der Waals surface area (Å²) in [7, 11) is -2.26. The van der Waals surface area contributed by atoms with Crippen molar-refractivity contribution in [3.63, 3.8) is 0 Å². The van der Waals surface area contributed by atoms with E-state index in [1.54, 1.807) is 60.7 Å². The molecule has 3 aromatic rings. The van der Waals surface area contributed by atoms with Crippen LogP contribution in [0.5, 0.6) is 5.75 Å². The molecule has 2 amide bonds. The Kier molecular flexibility index (Phi) is 9.52. The molecule has 1 aliphatic heterocycles. The number of nitrogens with zero attached hydrogens (tertiary/aromatic N) is 2. The fourth-order valence-electron chi connectivity index (χ4n) is 3.94. The summed E-state index contributed by atoms with van der Waals surface area (Å²) >= 11 is 0. The number of hydrazone groups is 1. The molecule has 1 atom stereocenters. The van der Waals surface area contributed by atoms with Crippen molar-refractivity contribution >= 4 is 33.7 Å². The van der Waals surface area contributed by atoms with Gasteiger partial charge < -0.3 is 14.8 Å². The minimum absolute atomic E-state index is 0.0808. The summed E-state index contributed by atoms with van der Waals surface area (Å²) in [6.07, 6.45) is 3.53. The molecular weight excluding hydrogens is 532 g/mol. The standard InChI is InChI=1S/C29H32N4O6S/c1-21-5-15-27(16-6-21)40(36,37)33(2)24-11-9-23(10-12-24)29(35)32-31-18-22-7-13-25(14-8-22)39-20-28(34)30-19-26-4-3-17-38-26/h5-16,18,26H,3-4,17,19-20H2,1-2H3,(H,30,34)(H,32,35)/b31-18-/t26-/m1/s1. The van der Waals surface area contributed by atoms with E-state index in [-0.39, 0.29) is 23.5 Å². The maximum absolute atomic E-state index is 12.9. The molecule has 210 valence electrons. The Bertz CT molecular complexity index is 1430. The lowest BCUT2D eigenvalue weighted by molar-refractivity contribution is -0.123. The number of carbonyl (C=O) groups excluding carboxylic acids is 2. The van der Waals surface area contributed by atoms with Gasteiger partial charge in [-0.2, -0.15) is 5.10 Å². The van der Waals surface area contributed by atoms with Gasteiger partial charge >= 0.3 is 0 Å². The number of benzene rings is 3. The first-order valence-corrected chi connectivity index (χ1v) is 14.3. The number of rotatable bonds is 11. The lowest BCUT2D eigenvalue weighted by Crippen LogP contribution is -2.35. The Morgan fingerprint density at radius 3 is 2.40 bits per heavy atom. The van der Waals surface area contributed by atoms with Gasteiger partial charge in [0.2, 0.25) is 0 Å². The highest BCUT2D eigenvalue weighted by Gasteiger charge is 2.21. The summed E-state index contributed by atoms with van der Waals surface area (Å²) in [4.78, 5) is 24.6. The van der Waals surface area contributed by atoms with Crippen LogP contribution in [-0.2, 0) is 19.6 Å². The van der Waals surface area contributed by atoms with Crippen molar-refractivity contribution in [1.82, 2.24) is 10.7 Å². The molecule has 11 heteroatoms. The van der Waals surface area contributed by atoms with E-state index in [9.17, 15) is 18.0 Å². The molecule has 10 nitrogen and oxygen atoms in total. The maximum atomic E-state index is 12.9. The van der Waals surface area contributed by atoms with Gasteiger partial charge in [-0.05, 0) is 86.0 Å². The van der Waals surface area contributed by atoms with Crippen LogP contribution >= 0.6 is 0 Å². The van der Waals surface area contributed by atoms with E-state index in [1.807, 2.05) is 6.92 Å². The molecule has 1 saturated heterocycles. The van der Waals surface area contributed by atoms with E-state index < -0.39 is 15.9 Å². The van der Waals surface area contributed by atoms with Crippen LogP contribution in [0, 0.1) is 6.92 Å². The highest BCUT2D eigenvalue weighted by Crippen LogP contribution is 2.23. The average molecular weight is 565 g/mol. The zero-order chi connectivity index (χ0) is 28.5. The largest absolute Gasteiger partial charge is 0.484 e. The fourth-order valence-corrected chi connectivity index (χ4v) is 5.14. The Balaban J connectivity index is 1.24. The normalized spacial score (nSPS) is 15.1. The highest BCUT2D eigenvalue weighted by molar-refractivity contribution is 7.92. The van der Waals surface area contributed by atoms with Crippen LogP contribution in [0.25, 0.3) is 0 Å². The van der Waals surface area contributed by atoms with Crippen molar-refractivity contribution in [2.45, 2.75) is 30.8 Å². The van der Waals surface area contributed by atoms with Crippen LogP contribution in [0.1, 0.15) is 34.3 Å². The van der Waals surface area contributed by atoms with E-state index in [0.717, 1.165) is 25.0 Å². The summed E-state index contributed by atoms with van der Waals surface area (Å²) in [6, 6.07) is 19.7. The van der Waals surface area contributed by atoms with E-state index >= 15 is 0 Å². The van der Waals surface area contributed by atoms with Crippen LogP contribution in [0.4, 0.5) is 5.69 Å². The van der Waals surface area contributed by atoms with Gasteiger partial charge in [0.25, 0.3) is 21.8 Å². The molecule has 2 N–H and O–H groups in total. The third-order valence-electron chi connectivity index (χ3n) is 6.35. The third-order valence-corrected chi connectivity index (χ3v) is 8.15. The van der Waals surface area contributed by atoms with Crippen molar-refractivity contribution in [1.29, 1.82) is 0 Å². The Morgan fingerprint density at radius 1 is 1.05 bits per heavy atom. The van der Waals surface area contributed by atoms with Crippen LogP contribution in [0.3, 0.4) is 0 Å². The van der Waals surface area contributed by atoms with Crippen LogP contribution in [-0.4, -0.2) is 59.4 Å². The number of ether oxygens (including phenoxy) is 2. The molecule has 0 radical (unpaired) electrons. The summed E-state index contributed by atoms with van der Waals surface area (Å²) in [5, 5.41) is 6.78. The van der Waals surface area contributed by atoms with Gasteiger partial charge in [-0.3, -0.25) is 13.9 Å². The number of sulfonamides is 1. The summed E-state index contributed by atoms with van der Waals surface area (Å²) in [5.41, 5.74) is 4.88. The number of aryl methyl sites for hydroxylation is 1. The molecule has 0 aliphatic carbocycles. The molecule has 0 bridgehead atoms. The number of hydrogen-bond donors (Lipinski definition) is 2. The Labute approximate surface area is 234 Å². The number of nitrogens with one attached hydrogen (secondary N) is 2. The quantitative estimate of drug-likeness (QED) is 0.272. The van der Waals surface area contributed by atoms with Gasteiger partial charge in [-0.1, -0.05) is 17.7 Å². The van der Waals surface area contributed by atoms with E-state index in [4.69, 9.17) is 9.47 Å². The first-order chi connectivity index (χ1) is 19.2. The SMILES string of the molecule is Cc1ccc(S(=O)(=O)N(C)c2ccc(C(=O)N/N=C\c3ccc(OCC(=O)NC[C@H]4CCCO4)cc3)cc2)cc1. The summed E-state index contributed by atoms with van der Waals surface area (Å²) in [5.74, 6) is -0.125. The minimum atomic E-state index is -3.73. The van der Waals surface area contributed by atoms with Gasteiger partial charge in [0.05, 0.1) is 22.9 Å². The average Bonchev–Trinajstić information content (AvgIpc) is 3.49. The number of carbonyl (C=O) groups is 2. The van der Waals surface area contributed by atoms with Crippen molar-refractivity contribution < 1.29 is 27.5 Å². The van der Waals surface area contributed by atoms with E-state index in [2.05, 4.69) is 15.8 Å². The molecule has 1 aliphatic rings. The highest BCUT2D eigenvalue weighted by atomic mass is 32.2. The predicted octanol–water partition coefficient (Wildman–Crippen LogP) is 3.26. The lowest BCUT2D eigenvalue weighted by Gasteiger charge is -2.19. The van der Waals surface area contributed by atoms with Crippen molar-refractivity contribution in [2.75, 3.05) is 31.1 Å². The minimum Gasteiger partial charge on any atom is -0.484 e. The first-order valence-electron chi connectivity index (χ1n) is 12.8. The molecule has 1 heterocycles. The zero-order valence-corrected chi connectivity index (χ0v) is 23.2. The van der Waals surface area contributed by atoms with E-state index in [0.29, 0.717) is 29.1 Å². The second-order valence-electron chi connectivity index (χ2n) is 9.33. The molecule has 3 aromatic carbocycles. The Hall–Kier alpha value is -4.22. The monoisotopic (exact) mass is 564 g/mol. The maximum Gasteiger partial charge on any atom is 0.271 e. The van der Waals surface area contributed by atoms with Crippen LogP contribution in [0.15, 0.2) is 82.8 Å². The van der Waals surface area contributed by atoms with Gasteiger partial charge in [0.1, 0.15) is 5.75 Å². The number of amides is 2. The number of hydrogen-bond acceptors (Lipinski definition) is 7. The first kappa shape index (κ1) is 28.8. The molecule has 0 spiro atoms. The van der Waals surface area contributed by atoms with Crippen molar-refractivity contribution in [3.05, 3.63) is 89.5 Å². The van der Waals surface area contributed by atoms with Crippen LogP contribution in [0.2, 0.25) is 0 Å². The molecule has 1 fully saturated rings. The van der Waals surface area contributed by atoms with Gasteiger partial charge in [0, 0.05) is 25.8 Å². The van der Waals surface area contributed by atoms with Gasteiger partial charge in [-0.15, -0.1) is 0 Å². The Morgan fingerprint density at radius 2 is 1.75 bits per heavy atom. The molecular formula is C29H32N4O6S. The topological polar surface area (TPSA) is 126 Å². The third kappa shape index (κ3) is 7.67. The second-order valence-corrected chi connectivity index (χ2v) is 11.3. The lowest BCUT2D eigenvalue weighted by atomic mass is 10.2. The van der Waals surface area contributed by atoms with Crippen molar-refractivity contribution in [3.8, 4) is 5.75 Å². The zero-order valence-electron chi connectivity index (χ0n) is 22.4. The second kappa shape index (κ2) is 13.2. The van der Waals surface area contributed by atoms with Gasteiger partial charge in [0.15, 0.2) is 6.61 Å². The van der Waals surface area contributed by atoms with E-state index in [1.165, 1.54) is 29.7 Å². The molecule has 0 saturated carbocycles. The van der Waals surface area contributed by atoms with Gasteiger partial charge in [-0.25, -0.2) is 13.8 Å². The molecule has 40 heavy (non-hydrogen) atoms. The summed E-state index contributed by atoms with van der Waals surface area (Å²) < 4.78 is 37.9. The number of anilines is 1. The van der Waals surface area contributed by atoms with Crippen molar-refractivity contribution in [2.24, 2.45) is 5.10 Å². The molecule has 4 rings (SSSR count). The fraction of sp³-hybridized carbons (Fsp3) is 0.276.